The number of nitrogens with one attached hydrogen (secondary N) is 1. The van der Waals surface area contributed by atoms with Crippen LogP contribution in [-0.2, 0) is 17.8 Å². The number of likely N-dealkylation sites (N-methyl/N-ethyl adjacent to an activating group) is 1. The quantitative estimate of drug-likeness (QED) is 0.533. The Morgan fingerprint density at radius 2 is 2.12 bits per heavy atom. The van der Waals surface area contributed by atoms with Gasteiger partial charge in [0.15, 0.2) is 0 Å². The molecule has 0 aliphatic carbocycles. The molecule has 0 radical (unpaired) electrons. The van der Waals surface area contributed by atoms with Gasteiger partial charge in [-0.05, 0) is 55.6 Å². The highest BCUT2D eigenvalue weighted by Crippen LogP contribution is 2.29. The maximum Gasteiger partial charge on any atom is 0.318 e. The van der Waals surface area contributed by atoms with Gasteiger partial charge in [0, 0.05) is 30.2 Å². The van der Waals surface area contributed by atoms with Gasteiger partial charge in [-0.3, -0.25) is 10.1 Å². The van der Waals surface area contributed by atoms with E-state index in [1.807, 2.05) is 24.4 Å². The van der Waals surface area contributed by atoms with E-state index < -0.39 is 6.03 Å². The number of rotatable bonds is 7. The number of hydrogen-bond acceptors (Lipinski definition) is 5. The number of nitrogens with two attached hydrogens (primary N) is 1. The van der Waals surface area contributed by atoms with Crippen LogP contribution in [0.15, 0.2) is 42.7 Å². The van der Waals surface area contributed by atoms with Crippen LogP contribution in [0, 0.1) is 5.82 Å². The summed E-state index contributed by atoms with van der Waals surface area (Å²) in [4.78, 5) is 25.7. The molecule has 1 fully saturated rings. The number of benzene rings is 1. The lowest BCUT2D eigenvalue weighted by Crippen LogP contribution is -2.30. The topological polar surface area (TPSA) is 102 Å². The number of likely N-dealkylation sites (tertiary alicyclic amines) is 1. The first-order chi connectivity index (χ1) is 15.9. The van der Waals surface area contributed by atoms with Gasteiger partial charge >= 0.3 is 6.03 Å². The van der Waals surface area contributed by atoms with Crippen LogP contribution < -0.4 is 15.8 Å². The summed E-state index contributed by atoms with van der Waals surface area (Å²) in [6.45, 7) is 5.24. The molecule has 4 rings (SSSR count). The van der Waals surface area contributed by atoms with Crippen molar-refractivity contribution in [1.29, 1.82) is 0 Å². The van der Waals surface area contributed by atoms with Gasteiger partial charge in [0.2, 0.25) is 12.3 Å². The summed E-state index contributed by atoms with van der Waals surface area (Å²) in [5, 5.41) is 2.87. The smallest absolute Gasteiger partial charge is 0.318 e. The van der Waals surface area contributed by atoms with Gasteiger partial charge in [0.25, 0.3) is 0 Å². The molecule has 176 valence electrons. The Bertz CT molecular complexity index is 1080. The predicted molar refractivity (Wildman–Crippen MR) is 125 cm³/mol. The van der Waals surface area contributed by atoms with E-state index in [0.717, 1.165) is 24.0 Å². The largest absolute Gasteiger partial charge is 0.481 e. The number of carbonyl (C=O) groups is 2. The number of primary amides is 1. The molecule has 3 heterocycles. The van der Waals surface area contributed by atoms with Gasteiger partial charge < -0.3 is 19.9 Å². The number of urea groups is 1. The monoisotopic (exact) mass is 455 g/mol. The van der Waals surface area contributed by atoms with Crippen LogP contribution in [0.4, 0.5) is 9.18 Å². The lowest BCUT2D eigenvalue weighted by molar-refractivity contribution is -0.108. The molecule has 0 saturated carbocycles. The fourth-order valence-electron chi connectivity index (χ4n) is 4.29. The summed E-state index contributed by atoms with van der Waals surface area (Å²) in [5.41, 5.74) is 7.92. The fraction of sp³-hybridized carbons (Fsp3) is 0.375. The number of aromatic nitrogens is 2. The summed E-state index contributed by atoms with van der Waals surface area (Å²) in [5.74, 6) is 0.436. The minimum Gasteiger partial charge on any atom is -0.481 e. The molecule has 33 heavy (non-hydrogen) atoms. The van der Waals surface area contributed by atoms with Crippen LogP contribution in [-0.4, -0.2) is 53.1 Å². The lowest BCUT2D eigenvalue weighted by atomic mass is 10.0. The number of ether oxygens (including phenoxy) is 1. The van der Waals surface area contributed by atoms with Gasteiger partial charge in [-0.25, -0.2) is 14.2 Å². The van der Waals surface area contributed by atoms with Crippen LogP contribution in [0.3, 0.4) is 0 Å². The zero-order valence-corrected chi connectivity index (χ0v) is 19.0. The summed E-state index contributed by atoms with van der Waals surface area (Å²) in [6, 6.07) is 8.52. The van der Waals surface area contributed by atoms with E-state index in [1.165, 1.54) is 42.5 Å². The van der Waals surface area contributed by atoms with Crippen molar-refractivity contribution in [2.24, 2.45) is 5.73 Å². The van der Waals surface area contributed by atoms with Crippen LogP contribution >= 0.6 is 0 Å². The number of pyridine rings is 1. The summed E-state index contributed by atoms with van der Waals surface area (Å²) in [6.07, 6.45) is 7.91. The van der Waals surface area contributed by atoms with E-state index in [-0.39, 0.29) is 12.2 Å². The van der Waals surface area contributed by atoms with Crippen LogP contribution in [0.1, 0.15) is 30.9 Å². The molecule has 1 saturated heterocycles. The standard InChI is InChI=1S/C22H26FN3O.C2H4N2O2/c1-3-25-10-4-5-19(25)11-17-15-26(14-16-6-8-18(23)9-7-16)21-13-24-22(27-2)12-20(17)21;3-2(6)4-1-5/h6-9,12-13,15,19H,3-5,10-11,14H2,1-2H3;1H,(H3,3,4,5,6). The number of imide groups is 1. The fourth-order valence-corrected chi connectivity index (χ4v) is 4.29. The van der Waals surface area contributed by atoms with Crippen molar-refractivity contribution >= 4 is 23.3 Å². The Hall–Kier alpha value is -3.46. The van der Waals surface area contributed by atoms with Gasteiger partial charge in [0.05, 0.1) is 18.8 Å². The third kappa shape index (κ3) is 6.29. The van der Waals surface area contributed by atoms with Crippen molar-refractivity contribution in [2.45, 2.75) is 38.8 Å². The van der Waals surface area contributed by atoms with Crippen molar-refractivity contribution in [2.75, 3.05) is 20.2 Å². The Balaban J connectivity index is 0.000000454. The molecular weight excluding hydrogens is 425 g/mol. The average molecular weight is 456 g/mol. The van der Waals surface area contributed by atoms with Crippen LogP contribution in [0.25, 0.3) is 10.9 Å². The van der Waals surface area contributed by atoms with Crippen molar-refractivity contribution in [3.63, 3.8) is 0 Å². The number of halogens is 1. The normalized spacial score (nSPS) is 15.7. The molecule has 3 N–H and O–H groups in total. The van der Waals surface area contributed by atoms with Gasteiger partial charge in [0.1, 0.15) is 5.82 Å². The molecule has 9 heteroatoms. The SMILES string of the molecule is CCN1CCCC1Cc1cn(Cc2ccc(F)cc2)c2cnc(OC)cc12.NC(=O)NC=O. The second kappa shape index (κ2) is 11.4. The zero-order chi connectivity index (χ0) is 23.8. The molecule has 1 aromatic carbocycles. The Labute approximate surface area is 192 Å². The minimum atomic E-state index is -0.829. The van der Waals surface area contributed by atoms with E-state index in [9.17, 15) is 14.0 Å². The molecule has 3 amide bonds. The first kappa shape index (κ1) is 24.2. The number of amides is 3. The number of fused-ring (bicyclic) bond motifs is 1. The molecule has 3 aromatic rings. The molecule has 1 aliphatic heterocycles. The molecular formula is C24H30FN5O3. The second-order valence-corrected chi connectivity index (χ2v) is 7.91. The third-order valence-electron chi connectivity index (χ3n) is 5.86. The van der Waals surface area contributed by atoms with E-state index in [4.69, 9.17) is 4.74 Å². The summed E-state index contributed by atoms with van der Waals surface area (Å²) >= 11 is 0. The number of methoxy groups -OCH3 is 1. The lowest BCUT2D eigenvalue weighted by Gasteiger charge is -2.22. The molecule has 0 spiro atoms. The predicted octanol–water partition coefficient (Wildman–Crippen LogP) is 3.07. The van der Waals surface area contributed by atoms with Crippen molar-refractivity contribution < 1.29 is 18.7 Å². The molecule has 2 aromatic heterocycles. The van der Waals surface area contributed by atoms with E-state index >= 15 is 0 Å². The highest BCUT2D eigenvalue weighted by atomic mass is 19.1. The summed E-state index contributed by atoms with van der Waals surface area (Å²) < 4.78 is 20.8. The van der Waals surface area contributed by atoms with E-state index in [2.05, 4.69) is 33.3 Å². The minimum absolute atomic E-state index is 0.205. The molecule has 0 bridgehead atoms. The first-order valence-electron chi connectivity index (χ1n) is 10.9. The summed E-state index contributed by atoms with van der Waals surface area (Å²) in [7, 11) is 1.65. The molecule has 8 nitrogen and oxygen atoms in total. The van der Waals surface area contributed by atoms with E-state index in [0.29, 0.717) is 18.5 Å². The van der Waals surface area contributed by atoms with Gasteiger partial charge in [-0.2, -0.15) is 0 Å². The van der Waals surface area contributed by atoms with Crippen molar-refractivity contribution in [1.82, 2.24) is 19.8 Å². The van der Waals surface area contributed by atoms with Crippen molar-refractivity contribution in [3.8, 4) is 5.88 Å². The first-order valence-corrected chi connectivity index (χ1v) is 10.9. The van der Waals surface area contributed by atoms with Crippen molar-refractivity contribution in [3.05, 3.63) is 59.7 Å². The Morgan fingerprint density at radius 1 is 1.36 bits per heavy atom. The second-order valence-electron chi connectivity index (χ2n) is 7.91. The van der Waals surface area contributed by atoms with E-state index in [1.54, 1.807) is 12.4 Å². The number of carbonyl (C=O) groups excluding carboxylic acids is 2. The highest BCUT2D eigenvalue weighted by molar-refractivity contribution is 5.84. The Kier molecular flexibility index (Phi) is 8.37. The van der Waals surface area contributed by atoms with Crippen LogP contribution in [0.2, 0.25) is 0 Å². The van der Waals surface area contributed by atoms with Gasteiger partial charge in [-0.1, -0.05) is 19.1 Å². The zero-order valence-electron chi connectivity index (χ0n) is 19.0. The maximum atomic E-state index is 13.2. The number of nitrogens with zero attached hydrogens (tertiary/aromatic N) is 3. The average Bonchev–Trinajstić information content (AvgIpc) is 3.40. The van der Waals surface area contributed by atoms with Gasteiger partial charge in [-0.15, -0.1) is 0 Å². The maximum absolute atomic E-state index is 13.2. The Morgan fingerprint density at radius 3 is 2.73 bits per heavy atom. The molecule has 1 aliphatic rings. The number of hydrogen-bond donors (Lipinski definition) is 2. The molecule has 1 atom stereocenters. The van der Waals surface area contributed by atoms with Crippen LogP contribution in [0.5, 0.6) is 5.88 Å². The highest BCUT2D eigenvalue weighted by Gasteiger charge is 2.24. The third-order valence-corrected chi connectivity index (χ3v) is 5.86. The molecule has 1 unspecified atom stereocenters.